The highest BCUT2D eigenvalue weighted by Gasteiger charge is 2.31. The number of rotatable bonds is 9. The van der Waals surface area contributed by atoms with E-state index in [0.717, 1.165) is 63.0 Å². The van der Waals surface area contributed by atoms with E-state index in [1.165, 1.54) is 17.7 Å². The fourth-order valence-corrected chi connectivity index (χ4v) is 4.92. The number of piperidine rings is 1. The lowest BCUT2D eigenvalue weighted by Crippen LogP contribution is -2.49. The Bertz CT molecular complexity index is 1110. The summed E-state index contributed by atoms with van der Waals surface area (Å²) in [6, 6.07) is 24.9. The Morgan fingerprint density at radius 1 is 0.865 bits per heavy atom. The van der Waals surface area contributed by atoms with Gasteiger partial charge in [0.25, 0.3) is 0 Å². The number of carbonyl (C=O) groups is 1. The third-order valence-corrected chi connectivity index (χ3v) is 6.97. The first-order valence-electron chi connectivity index (χ1n) is 12.9. The molecule has 0 aromatic heterocycles. The summed E-state index contributed by atoms with van der Waals surface area (Å²) in [5.41, 5.74) is 1.85. The second kappa shape index (κ2) is 12.8. The van der Waals surface area contributed by atoms with E-state index in [2.05, 4.69) is 34.5 Å². The van der Waals surface area contributed by atoms with Crippen LogP contribution in [0.2, 0.25) is 0 Å². The Kier molecular flexibility index (Phi) is 9.23. The third-order valence-electron chi connectivity index (χ3n) is 6.97. The van der Waals surface area contributed by atoms with E-state index >= 15 is 0 Å². The smallest absolute Gasteiger partial charge is 0.321 e. The zero-order chi connectivity index (χ0) is 26.1. The largest absolute Gasteiger partial charge is 0.416 e. The lowest BCUT2D eigenvalue weighted by Gasteiger charge is -2.38. The molecular formula is C30H34F3N3O. The number of benzene rings is 3. The van der Waals surface area contributed by atoms with Gasteiger partial charge in [0.05, 0.1) is 5.56 Å². The molecule has 4 rings (SSSR count). The Hall–Kier alpha value is -3.32. The molecule has 2 amide bonds. The molecule has 0 atom stereocenters. The molecular weight excluding hydrogens is 475 g/mol. The molecule has 1 heterocycles. The molecule has 1 N–H and O–H groups in total. The van der Waals surface area contributed by atoms with Crippen molar-refractivity contribution in [3.05, 3.63) is 102 Å². The molecule has 37 heavy (non-hydrogen) atoms. The highest BCUT2D eigenvalue weighted by atomic mass is 19.4. The van der Waals surface area contributed by atoms with Crippen LogP contribution >= 0.6 is 0 Å². The van der Waals surface area contributed by atoms with Crippen LogP contribution in [0.5, 0.6) is 0 Å². The predicted octanol–water partition coefficient (Wildman–Crippen LogP) is 6.88. The standard InChI is InChI=1S/C30H34F3N3O/c31-30(32,33)26-14-7-15-27(23-26)34-29(37)36(22-16-25-11-5-2-6-12-25)28-17-20-35(21-18-28)19-8-13-24-9-3-1-4-10-24/h1-7,9-12,14-15,23,28H,8,13,16-22H2,(H,34,37). The fourth-order valence-electron chi connectivity index (χ4n) is 4.92. The van der Waals surface area contributed by atoms with E-state index in [-0.39, 0.29) is 17.8 Å². The van der Waals surface area contributed by atoms with Crippen LogP contribution < -0.4 is 5.32 Å². The molecule has 3 aromatic carbocycles. The molecule has 4 nitrogen and oxygen atoms in total. The minimum atomic E-state index is -4.46. The van der Waals surface area contributed by atoms with E-state index in [4.69, 9.17) is 0 Å². The quantitative estimate of drug-likeness (QED) is 0.341. The van der Waals surface area contributed by atoms with Crippen molar-refractivity contribution in [2.24, 2.45) is 0 Å². The molecule has 7 heteroatoms. The van der Waals surface area contributed by atoms with Crippen LogP contribution in [0.3, 0.4) is 0 Å². The van der Waals surface area contributed by atoms with Gasteiger partial charge in [0.15, 0.2) is 0 Å². The van der Waals surface area contributed by atoms with E-state index in [9.17, 15) is 18.0 Å². The first kappa shape index (κ1) is 26.7. The lowest BCUT2D eigenvalue weighted by atomic mass is 10.0. The average Bonchev–Trinajstić information content (AvgIpc) is 2.90. The Morgan fingerprint density at radius 2 is 1.49 bits per heavy atom. The number of likely N-dealkylation sites (tertiary alicyclic amines) is 1. The number of amides is 2. The number of halogens is 3. The number of hydrogen-bond donors (Lipinski definition) is 1. The Balaban J connectivity index is 1.36. The summed E-state index contributed by atoms with van der Waals surface area (Å²) in [5, 5.41) is 2.73. The summed E-state index contributed by atoms with van der Waals surface area (Å²) >= 11 is 0. The van der Waals surface area contributed by atoms with Crippen LogP contribution in [0.25, 0.3) is 0 Å². The van der Waals surface area contributed by atoms with Gasteiger partial charge in [0.1, 0.15) is 0 Å². The Labute approximate surface area is 217 Å². The van der Waals surface area contributed by atoms with Crippen LogP contribution in [-0.4, -0.2) is 48.1 Å². The number of carbonyl (C=O) groups excluding carboxylic acids is 1. The zero-order valence-corrected chi connectivity index (χ0v) is 21.0. The number of anilines is 1. The molecule has 196 valence electrons. The molecule has 3 aromatic rings. The van der Waals surface area contributed by atoms with Gasteiger partial charge in [-0.25, -0.2) is 4.79 Å². The van der Waals surface area contributed by atoms with Gasteiger partial charge < -0.3 is 15.1 Å². The summed E-state index contributed by atoms with van der Waals surface area (Å²) in [4.78, 5) is 17.6. The van der Waals surface area contributed by atoms with Crippen LogP contribution in [0.15, 0.2) is 84.9 Å². The SMILES string of the molecule is O=C(Nc1cccc(C(F)(F)F)c1)N(CCc1ccccc1)C1CCN(CCCc2ccccc2)CC1. The minimum absolute atomic E-state index is 0.0416. The van der Waals surface area contributed by atoms with Crippen LogP contribution in [0, 0.1) is 0 Å². The highest BCUT2D eigenvalue weighted by Crippen LogP contribution is 2.31. The molecule has 1 aliphatic rings. The van der Waals surface area contributed by atoms with Crippen molar-refractivity contribution in [2.45, 2.75) is 44.3 Å². The molecule has 0 saturated carbocycles. The summed E-state index contributed by atoms with van der Waals surface area (Å²) < 4.78 is 39.5. The third kappa shape index (κ3) is 8.09. The van der Waals surface area contributed by atoms with Crippen molar-refractivity contribution in [3.63, 3.8) is 0 Å². The summed E-state index contributed by atoms with van der Waals surface area (Å²) in [6.07, 6.45) is 0.0489. The molecule has 0 radical (unpaired) electrons. The molecule has 0 spiro atoms. The molecule has 0 bridgehead atoms. The summed E-state index contributed by atoms with van der Waals surface area (Å²) in [6.45, 7) is 3.33. The van der Waals surface area contributed by atoms with E-state index in [1.54, 1.807) is 0 Å². The maximum absolute atomic E-state index is 13.3. The van der Waals surface area contributed by atoms with E-state index < -0.39 is 11.7 Å². The molecule has 1 fully saturated rings. The van der Waals surface area contributed by atoms with Crippen LogP contribution in [0.4, 0.5) is 23.7 Å². The summed E-state index contributed by atoms with van der Waals surface area (Å²) in [7, 11) is 0. The van der Waals surface area contributed by atoms with E-state index in [0.29, 0.717) is 13.0 Å². The van der Waals surface area contributed by atoms with Gasteiger partial charge in [-0.1, -0.05) is 66.7 Å². The van der Waals surface area contributed by atoms with Crippen molar-refractivity contribution >= 4 is 11.7 Å². The summed E-state index contributed by atoms with van der Waals surface area (Å²) in [5.74, 6) is 0. The monoisotopic (exact) mass is 509 g/mol. The number of hydrogen-bond acceptors (Lipinski definition) is 2. The van der Waals surface area contributed by atoms with Crippen LogP contribution in [-0.2, 0) is 19.0 Å². The minimum Gasteiger partial charge on any atom is -0.321 e. The van der Waals surface area contributed by atoms with Gasteiger partial charge in [-0.05, 0) is 68.0 Å². The maximum Gasteiger partial charge on any atom is 0.416 e. The van der Waals surface area contributed by atoms with Crippen molar-refractivity contribution in [3.8, 4) is 0 Å². The van der Waals surface area contributed by atoms with Crippen molar-refractivity contribution < 1.29 is 18.0 Å². The number of alkyl halides is 3. The van der Waals surface area contributed by atoms with Gasteiger partial charge >= 0.3 is 12.2 Å². The van der Waals surface area contributed by atoms with Crippen LogP contribution in [0.1, 0.15) is 36.0 Å². The lowest BCUT2D eigenvalue weighted by molar-refractivity contribution is -0.137. The second-order valence-corrected chi connectivity index (χ2v) is 9.60. The van der Waals surface area contributed by atoms with Gasteiger partial charge in [-0.3, -0.25) is 0 Å². The number of nitrogens with one attached hydrogen (secondary N) is 1. The zero-order valence-electron chi connectivity index (χ0n) is 21.0. The number of aryl methyl sites for hydroxylation is 1. The average molecular weight is 510 g/mol. The molecule has 0 unspecified atom stereocenters. The van der Waals surface area contributed by atoms with Crippen molar-refractivity contribution in [1.82, 2.24) is 9.80 Å². The normalized spacial score (nSPS) is 14.9. The van der Waals surface area contributed by atoms with Crippen molar-refractivity contribution in [2.75, 3.05) is 31.5 Å². The number of nitrogens with zero attached hydrogens (tertiary/aromatic N) is 2. The highest BCUT2D eigenvalue weighted by molar-refractivity contribution is 5.89. The Morgan fingerprint density at radius 3 is 2.11 bits per heavy atom. The second-order valence-electron chi connectivity index (χ2n) is 9.60. The van der Waals surface area contributed by atoms with Crippen molar-refractivity contribution in [1.29, 1.82) is 0 Å². The first-order chi connectivity index (χ1) is 17.9. The predicted molar refractivity (Wildman–Crippen MR) is 142 cm³/mol. The number of urea groups is 1. The van der Waals surface area contributed by atoms with E-state index in [1.807, 2.05) is 41.3 Å². The van der Waals surface area contributed by atoms with Gasteiger partial charge in [-0.2, -0.15) is 13.2 Å². The maximum atomic E-state index is 13.3. The van der Waals surface area contributed by atoms with Gasteiger partial charge in [0, 0.05) is 31.4 Å². The topological polar surface area (TPSA) is 35.6 Å². The molecule has 1 saturated heterocycles. The first-order valence-corrected chi connectivity index (χ1v) is 12.9. The van der Waals surface area contributed by atoms with Gasteiger partial charge in [0.2, 0.25) is 0 Å². The molecule has 1 aliphatic heterocycles. The fraction of sp³-hybridized carbons (Fsp3) is 0.367. The van der Waals surface area contributed by atoms with Gasteiger partial charge in [-0.15, -0.1) is 0 Å². The molecule has 0 aliphatic carbocycles.